The predicted molar refractivity (Wildman–Crippen MR) is 129 cm³/mol. The highest BCUT2D eigenvalue weighted by Crippen LogP contribution is 2.28. The van der Waals surface area contributed by atoms with Gasteiger partial charge in [-0.25, -0.2) is 4.98 Å². The fraction of sp³-hybridized carbons (Fsp3) is 0.250. The van der Waals surface area contributed by atoms with Gasteiger partial charge >= 0.3 is 0 Å². The van der Waals surface area contributed by atoms with E-state index in [1.165, 1.54) is 0 Å². The first-order chi connectivity index (χ1) is 15.1. The van der Waals surface area contributed by atoms with Gasteiger partial charge in [-0.1, -0.05) is 80.5 Å². The van der Waals surface area contributed by atoms with Crippen LogP contribution in [0.4, 0.5) is 5.69 Å². The standard InChI is InChI=1S/C24H23ClN4O2S/c1-14(21(30)27-19-8-6-5-7-18(19)25)32-23-28-20(17(13-26)22(31)29-23)15-9-11-16(12-10-15)24(2,3)4/h5-12,14H,1-4H3,(H,27,30)(H,28,29,31)/t14-/m0/s1. The number of anilines is 1. The molecule has 2 aromatic carbocycles. The predicted octanol–water partition coefficient (Wildman–Crippen LogP) is 5.38. The maximum atomic E-state index is 12.6. The van der Waals surface area contributed by atoms with E-state index < -0.39 is 10.8 Å². The summed E-state index contributed by atoms with van der Waals surface area (Å²) >= 11 is 7.20. The van der Waals surface area contributed by atoms with Crippen LogP contribution in [0.2, 0.25) is 5.02 Å². The monoisotopic (exact) mass is 466 g/mol. The van der Waals surface area contributed by atoms with Gasteiger partial charge in [-0.2, -0.15) is 5.26 Å². The average molecular weight is 467 g/mol. The number of hydrogen-bond acceptors (Lipinski definition) is 5. The molecule has 32 heavy (non-hydrogen) atoms. The van der Waals surface area contributed by atoms with Crippen LogP contribution in [-0.2, 0) is 10.2 Å². The third kappa shape index (κ3) is 5.39. The van der Waals surface area contributed by atoms with Crippen LogP contribution >= 0.6 is 23.4 Å². The number of carbonyl (C=O) groups is 1. The second-order valence-electron chi connectivity index (χ2n) is 8.26. The van der Waals surface area contributed by atoms with Crippen LogP contribution < -0.4 is 10.9 Å². The van der Waals surface area contributed by atoms with Crippen LogP contribution in [0, 0.1) is 11.3 Å². The Bertz CT molecular complexity index is 1240. The van der Waals surface area contributed by atoms with Gasteiger partial charge in [0.15, 0.2) is 5.16 Å². The first-order valence-corrected chi connectivity index (χ1v) is 11.2. The lowest BCUT2D eigenvalue weighted by Gasteiger charge is -2.19. The van der Waals surface area contributed by atoms with Gasteiger partial charge in [-0.15, -0.1) is 0 Å². The molecule has 1 aromatic heterocycles. The van der Waals surface area contributed by atoms with E-state index in [2.05, 4.69) is 36.1 Å². The minimum absolute atomic E-state index is 0.0242. The maximum absolute atomic E-state index is 12.6. The highest BCUT2D eigenvalue weighted by Gasteiger charge is 2.20. The third-order valence-corrected chi connectivity index (χ3v) is 6.14. The molecule has 0 saturated heterocycles. The van der Waals surface area contributed by atoms with Crippen LogP contribution in [0.1, 0.15) is 38.8 Å². The van der Waals surface area contributed by atoms with E-state index in [4.69, 9.17) is 11.6 Å². The van der Waals surface area contributed by atoms with Gasteiger partial charge < -0.3 is 10.3 Å². The van der Waals surface area contributed by atoms with Gasteiger partial charge in [0.2, 0.25) is 5.91 Å². The topological polar surface area (TPSA) is 98.6 Å². The zero-order chi connectivity index (χ0) is 23.5. The summed E-state index contributed by atoms with van der Waals surface area (Å²) in [6.07, 6.45) is 0. The van der Waals surface area contributed by atoms with Crippen molar-refractivity contribution < 1.29 is 4.79 Å². The molecule has 164 valence electrons. The third-order valence-electron chi connectivity index (χ3n) is 4.82. The van der Waals surface area contributed by atoms with Crippen LogP contribution in [0.25, 0.3) is 11.3 Å². The lowest BCUT2D eigenvalue weighted by Crippen LogP contribution is -2.24. The maximum Gasteiger partial charge on any atom is 0.270 e. The molecule has 0 radical (unpaired) electrons. The molecular weight excluding hydrogens is 444 g/mol. The van der Waals surface area contributed by atoms with Gasteiger partial charge in [0.1, 0.15) is 11.6 Å². The van der Waals surface area contributed by atoms with E-state index in [1.807, 2.05) is 30.3 Å². The number of aromatic nitrogens is 2. The average Bonchev–Trinajstić information content (AvgIpc) is 2.74. The Hall–Kier alpha value is -3.08. The van der Waals surface area contributed by atoms with Crippen molar-refractivity contribution in [2.45, 2.75) is 43.5 Å². The van der Waals surface area contributed by atoms with Crippen molar-refractivity contribution in [3.05, 3.63) is 75.0 Å². The van der Waals surface area contributed by atoms with Gasteiger partial charge in [-0.05, 0) is 30.0 Å². The number of amides is 1. The molecular formula is C24H23ClN4O2S. The van der Waals surface area contributed by atoms with E-state index in [1.54, 1.807) is 31.2 Å². The number of thioether (sulfide) groups is 1. The smallest absolute Gasteiger partial charge is 0.270 e. The molecule has 1 heterocycles. The highest BCUT2D eigenvalue weighted by atomic mass is 35.5. The number of H-pyrrole nitrogens is 1. The normalized spacial score (nSPS) is 12.1. The fourth-order valence-corrected chi connectivity index (χ4v) is 3.95. The summed E-state index contributed by atoms with van der Waals surface area (Å²) in [5.74, 6) is -0.286. The minimum Gasteiger partial charge on any atom is -0.324 e. The molecule has 0 saturated carbocycles. The number of carbonyl (C=O) groups excluding carboxylic acids is 1. The summed E-state index contributed by atoms with van der Waals surface area (Å²) in [4.78, 5) is 32.2. The summed E-state index contributed by atoms with van der Waals surface area (Å²) in [5.41, 5.74) is 1.96. The quantitative estimate of drug-likeness (QED) is 0.388. The number of nitrogens with zero attached hydrogens (tertiary/aromatic N) is 2. The Balaban J connectivity index is 1.88. The van der Waals surface area contributed by atoms with Gasteiger partial charge in [0, 0.05) is 5.56 Å². The number of nitriles is 1. The molecule has 0 unspecified atom stereocenters. The van der Waals surface area contributed by atoms with Crippen molar-refractivity contribution in [3.8, 4) is 17.3 Å². The molecule has 3 rings (SSSR count). The van der Waals surface area contributed by atoms with Crippen molar-refractivity contribution >= 4 is 35.0 Å². The lowest BCUT2D eigenvalue weighted by atomic mass is 9.86. The van der Waals surface area contributed by atoms with Crippen molar-refractivity contribution in [1.29, 1.82) is 5.26 Å². The summed E-state index contributed by atoms with van der Waals surface area (Å²) in [5, 5.41) is 12.4. The molecule has 0 bridgehead atoms. The lowest BCUT2D eigenvalue weighted by molar-refractivity contribution is -0.115. The fourth-order valence-electron chi connectivity index (χ4n) is 2.97. The largest absolute Gasteiger partial charge is 0.324 e. The van der Waals surface area contributed by atoms with Crippen LogP contribution in [-0.4, -0.2) is 21.1 Å². The summed E-state index contributed by atoms with van der Waals surface area (Å²) in [6.45, 7) is 8.03. The molecule has 0 aliphatic carbocycles. The molecule has 6 nitrogen and oxygen atoms in total. The van der Waals surface area contributed by atoms with Crippen molar-refractivity contribution in [2.24, 2.45) is 0 Å². The summed E-state index contributed by atoms with van der Waals surface area (Å²) in [7, 11) is 0. The first-order valence-electron chi connectivity index (χ1n) is 9.97. The van der Waals surface area contributed by atoms with E-state index in [9.17, 15) is 14.9 Å². The molecule has 1 atom stereocenters. The zero-order valence-electron chi connectivity index (χ0n) is 18.2. The van der Waals surface area contributed by atoms with Crippen LogP contribution in [0.5, 0.6) is 0 Å². The van der Waals surface area contributed by atoms with Crippen molar-refractivity contribution in [1.82, 2.24) is 9.97 Å². The van der Waals surface area contributed by atoms with Crippen molar-refractivity contribution in [3.63, 3.8) is 0 Å². The van der Waals surface area contributed by atoms with E-state index in [-0.39, 0.29) is 27.7 Å². The Kier molecular flexibility index (Phi) is 7.07. The van der Waals surface area contributed by atoms with E-state index in [0.29, 0.717) is 16.3 Å². The van der Waals surface area contributed by atoms with E-state index >= 15 is 0 Å². The number of nitrogens with one attached hydrogen (secondary N) is 2. The van der Waals surface area contributed by atoms with Gasteiger partial charge in [0.25, 0.3) is 5.56 Å². The molecule has 0 aliphatic rings. The Morgan fingerprint density at radius 3 is 2.44 bits per heavy atom. The number of para-hydroxylation sites is 1. The van der Waals surface area contributed by atoms with Crippen LogP contribution in [0.3, 0.4) is 0 Å². The first kappa shape index (κ1) is 23.6. The highest BCUT2D eigenvalue weighted by molar-refractivity contribution is 8.00. The molecule has 2 N–H and O–H groups in total. The molecule has 3 aromatic rings. The Morgan fingerprint density at radius 1 is 1.19 bits per heavy atom. The molecule has 0 fully saturated rings. The second kappa shape index (κ2) is 9.60. The van der Waals surface area contributed by atoms with Gasteiger partial charge in [0.05, 0.1) is 21.7 Å². The summed E-state index contributed by atoms with van der Waals surface area (Å²) < 4.78 is 0. The van der Waals surface area contributed by atoms with E-state index in [0.717, 1.165) is 17.3 Å². The van der Waals surface area contributed by atoms with Crippen LogP contribution in [0.15, 0.2) is 58.5 Å². The number of rotatable bonds is 5. The minimum atomic E-state index is -0.571. The molecule has 0 aliphatic heterocycles. The van der Waals surface area contributed by atoms with Gasteiger partial charge in [-0.3, -0.25) is 9.59 Å². The Morgan fingerprint density at radius 2 is 1.84 bits per heavy atom. The Labute approximate surface area is 196 Å². The molecule has 1 amide bonds. The van der Waals surface area contributed by atoms with Crippen molar-refractivity contribution in [2.75, 3.05) is 5.32 Å². The zero-order valence-corrected chi connectivity index (χ0v) is 19.8. The SMILES string of the molecule is C[C@H](Sc1nc(-c2ccc(C(C)(C)C)cc2)c(C#N)c(=O)[nH]1)C(=O)Nc1ccccc1Cl. The number of halogens is 1. The number of aromatic amines is 1. The molecule has 8 heteroatoms. The number of hydrogen-bond donors (Lipinski definition) is 2. The number of benzene rings is 2. The molecule has 0 spiro atoms. The summed E-state index contributed by atoms with van der Waals surface area (Å²) in [6, 6.07) is 16.5. The second-order valence-corrected chi connectivity index (χ2v) is 10.00.